The van der Waals surface area contributed by atoms with Gasteiger partial charge in [0.1, 0.15) is 5.69 Å². The lowest BCUT2D eigenvalue weighted by Gasteiger charge is -2.09. The number of aromatic nitrogens is 3. The summed E-state index contributed by atoms with van der Waals surface area (Å²) >= 11 is 0. The van der Waals surface area contributed by atoms with Gasteiger partial charge in [-0.25, -0.2) is 0 Å². The smallest absolute Gasteiger partial charge is 0.274 e. The maximum atomic E-state index is 12.3. The molecule has 7 nitrogen and oxygen atoms in total. The van der Waals surface area contributed by atoms with E-state index in [9.17, 15) is 4.79 Å². The fourth-order valence-electron chi connectivity index (χ4n) is 2.49. The Morgan fingerprint density at radius 1 is 1.00 bits per heavy atom. The minimum Gasteiger partial charge on any atom is -0.493 e. The fourth-order valence-corrected chi connectivity index (χ4v) is 2.49. The third kappa shape index (κ3) is 4.00. The average Bonchev–Trinajstić information content (AvgIpc) is 2.65. The van der Waals surface area contributed by atoms with Gasteiger partial charge >= 0.3 is 0 Å². The minimum atomic E-state index is -0.288. The number of methoxy groups -OCH3 is 2. The van der Waals surface area contributed by atoms with Gasteiger partial charge in [0.05, 0.1) is 14.2 Å². The van der Waals surface area contributed by atoms with Crippen LogP contribution in [0.4, 0.5) is 11.6 Å². The predicted octanol–water partition coefficient (Wildman–Crippen LogP) is 2.82. The first-order valence-electron chi connectivity index (χ1n) is 8.09. The van der Waals surface area contributed by atoms with E-state index in [4.69, 9.17) is 9.47 Å². The molecule has 0 amide bonds. The average molecular weight is 352 g/mol. The van der Waals surface area contributed by atoms with Crippen molar-refractivity contribution in [3.8, 4) is 11.5 Å². The Morgan fingerprint density at radius 3 is 2.38 bits per heavy atom. The van der Waals surface area contributed by atoms with Crippen molar-refractivity contribution < 1.29 is 9.47 Å². The van der Waals surface area contributed by atoms with Gasteiger partial charge in [-0.05, 0) is 36.8 Å². The first-order chi connectivity index (χ1) is 12.6. The topological polar surface area (TPSA) is 89.1 Å². The quantitative estimate of drug-likeness (QED) is 0.709. The molecule has 0 aliphatic rings. The lowest BCUT2D eigenvalue weighted by Crippen LogP contribution is -2.18. The predicted molar refractivity (Wildman–Crippen MR) is 99.5 cm³/mol. The van der Waals surface area contributed by atoms with Crippen LogP contribution in [0.5, 0.6) is 11.5 Å². The fraction of sp³-hybridized carbons (Fsp3) is 0.211. The molecule has 0 bridgehead atoms. The van der Waals surface area contributed by atoms with Gasteiger partial charge in [0.2, 0.25) is 5.95 Å². The number of aromatic amines is 1. The van der Waals surface area contributed by atoms with Crippen molar-refractivity contribution >= 4 is 11.6 Å². The molecule has 0 unspecified atom stereocenters. The van der Waals surface area contributed by atoms with Crippen LogP contribution in [0.3, 0.4) is 0 Å². The lowest BCUT2D eigenvalue weighted by molar-refractivity contribution is 0.354. The largest absolute Gasteiger partial charge is 0.493 e. The van der Waals surface area contributed by atoms with Crippen LogP contribution < -0.4 is 20.3 Å². The molecule has 3 rings (SSSR count). The second kappa shape index (κ2) is 7.69. The summed E-state index contributed by atoms with van der Waals surface area (Å²) in [4.78, 5) is 15.0. The molecular weight excluding hydrogens is 332 g/mol. The van der Waals surface area contributed by atoms with Gasteiger partial charge < -0.3 is 14.8 Å². The maximum Gasteiger partial charge on any atom is 0.274 e. The third-order valence-electron chi connectivity index (χ3n) is 3.90. The van der Waals surface area contributed by atoms with Crippen molar-refractivity contribution in [3.05, 3.63) is 69.6 Å². The van der Waals surface area contributed by atoms with Gasteiger partial charge in [-0.1, -0.05) is 23.8 Å². The number of hydrogen-bond acceptors (Lipinski definition) is 6. The number of nitrogens with zero attached hydrogens (tertiary/aromatic N) is 2. The van der Waals surface area contributed by atoms with Crippen LogP contribution in [0, 0.1) is 6.92 Å². The zero-order valence-electron chi connectivity index (χ0n) is 14.9. The zero-order chi connectivity index (χ0) is 18.5. The van der Waals surface area contributed by atoms with Gasteiger partial charge in [-0.2, -0.15) is 0 Å². The molecule has 0 spiro atoms. The summed E-state index contributed by atoms with van der Waals surface area (Å²) in [6, 6.07) is 13.2. The van der Waals surface area contributed by atoms with Crippen molar-refractivity contribution in [3.63, 3.8) is 0 Å². The monoisotopic (exact) mass is 352 g/mol. The van der Waals surface area contributed by atoms with Crippen molar-refractivity contribution in [1.29, 1.82) is 0 Å². The number of ether oxygens (including phenoxy) is 2. The molecule has 0 atom stereocenters. The standard InChI is InChI=1S/C19H20N4O3/c1-12-4-7-14(8-5-12)20-19-21-18(24)15(22-23-19)10-13-6-9-16(25-2)17(11-13)26-3/h4-9,11H,10H2,1-3H3,(H2,20,21,23,24). The molecular formula is C19H20N4O3. The molecule has 0 aliphatic carbocycles. The third-order valence-corrected chi connectivity index (χ3v) is 3.90. The molecule has 1 aromatic heterocycles. The Hall–Kier alpha value is -3.35. The van der Waals surface area contributed by atoms with E-state index in [1.165, 1.54) is 0 Å². The van der Waals surface area contributed by atoms with E-state index >= 15 is 0 Å². The van der Waals surface area contributed by atoms with E-state index in [2.05, 4.69) is 20.5 Å². The van der Waals surface area contributed by atoms with Crippen molar-refractivity contribution in [2.24, 2.45) is 0 Å². The van der Waals surface area contributed by atoms with Crippen LogP contribution in [-0.2, 0) is 6.42 Å². The minimum absolute atomic E-state index is 0.288. The second-order valence-corrected chi connectivity index (χ2v) is 5.81. The number of hydrogen-bond donors (Lipinski definition) is 2. The molecule has 2 aromatic carbocycles. The molecule has 0 saturated carbocycles. The number of nitrogens with one attached hydrogen (secondary N) is 2. The lowest BCUT2D eigenvalue weighted by atomic mass is 10.1. The summed E-state index contributed by atoms with van der Waals surface area (Å²) in [6.07, 6.45) is 0.341. The zero-order valence-corrected chi connectivity index (χ0v) is 14.9. The van der Waals surface area contributed by atoms with Crippen LogP contribution in [0.25, 0.3) is 0 Å². The van der Waals surface area contributed by atoms with Crippen molar-refractivity contribution in [1.82, 2.24) is 15.2 Å². The van der Waals surface area contributed by atoms with Crippen LogP contribution in [0.15, 0.2) is 47.3 Å². The normalized spacial score (nSPS) is 10.4. The van der Waals surface area contributed by atoms with Crippen LogP contribution >= 0.6 is 0 Å². The summed E-state index contributed by atoms with van der Waals surface area (Å²) < 4.78 is 10.5. The highest BCUT2D eigenvalue weighted by Crippen LogP contribution is 2.28. The van der Waals surface area contributed by atoms with E-state index in [0.717, 1.165) is 16.8 Å². The maximum absolute atomic E-state index is 12.3. The Balaban J connectivity index is 1.77. The first kappa shape index (κ1) is 17.5. The highest BCUT2D eigenvalue weighted by atomic mass is 16.5. The number of rotatable bonds is 6. The summed E-state index contributed by atoms with van der Waals surface area (Å²) in [5.41, 5.74) is 2.89. The van der Waals surface area contributed by atoms with Crippen LogP contribution in [0.1, 0.15) is 16.8 Å². The number of anilines is 2. The SMILES string of the molecule is COc1ccc(Cc2nnc(Nc3ccc(C)cc3)[nH]c2=O)cc1OC. The highest BCUT2D eigenvalue weighted by molar-refractivity contribution is 5.53. The van der Waals surface area contributed by atoms with Crippen LogP contribution in [0.2, 0.25) is 0 Å². The number of aryl methyl sites for hydroxylation is 1. The molecule has 3 aromatic rings. The molecule has 0 saturated heterocycles. The summed E-state index contributed by atoms with van der Waals surface area (Å²) in [5.74, 6) is 1.54. The Labute approximate surface area is 151 Å². The van der Waals surface area contributed by atoms with Crippen molar-refractivity contribution in [2.75, 3.05) is 19.5 Å². The van der Waals surface area contributed by atoms with Crippen molar-refractivity contribution in [2.45, 2.75) is 13.3 Å². The van der Waals surface area contributed by atoms with E-state index in [1.807, 2.05) is 43.3 Å². The van der Waals surface area contributed by atoms with E-state index in [0.29, 0.717) is 29.6 Å². The molecule has 26 heavy (non-hydrogen) atoms. The molecule has 7 heteroatoms. The van der Waals surface area contributed by atoms with E-state index in [1.54, 1.807) is 20.3 Å². The number of H-pyrrole nitrogens is 1. The van der Waals surface area contributed by atoms with E-state index in [-0.39, 0.29) is 5.56 Å². The molecule has 0 aliphatic heterocycles. The highest BCUT2D eigenvalue weighted by Gasteiger charge is 2.09. The Morgan fingerprint density at radius 2 is 1.73 bits per heavy atom. The Kier molecular flexibility index (Phi) is 5.17. The molecule has 2 N–H and O–H groups in total. The van der Waals surface area contributed by atoms with Gasteiger partial charge in [-0.3, -0.25) is 9.78 Å². The van der Waals surface area contributed by atoms with Crippen LogP contribution in [-0.4, -0.2) is 29.4 Å². The molecule has 1 heterocycles. The molecule has 134 valence electrons. The Bertz CT molecular complexity index is 952. The van der Waals surface area contributed by atoms with Gasteiger partial charge in [-0.15, -0.1) is 10.2 Å². The molecule has 0 fully saturated rings. The summed E-state index contributed by atoms with van der Waals surface area (Å²) in [6.45, 7) is 2.01. The second-order valence-electron chi connectivity index (χ2n) is 5.81. The molecule has 0 radical (unpaired) electrons. The summed E-state index contributed by atoms with van der Waals surface area (Å²) in [7, 11) is 3.15. The number of benzene rings is 2. The van der Waals surface area contributed by atoms with Gasteiger partial charge in [0.25, 0.3) is 5.56 Å². The first-order valence-corrected chi connectivity index (χ1v) is 8.09. The summed E-state index contributed by atoms with van der Waals surface area (Å²) in [5, 5.41) is 11.1. The van der Waals surface area contributed by atoms with Gasteiger partial charge in [0.15, 0.2) is 11.5 Å². The van der Waals surface area contributed by atoms with E-state index < -0.39 is 0 Å². The van der Waals surface area contributed by atoms with Gasteiger partial charge in [0, 0.05) is 12.1 Å².